The summed E-state index contributed by atoms with van der Waals surface area (Å²) in [6.45, 7) is 3.39. The first-order valence-electron chi connectivity index (χ1n) is 4.11. The van der Waals surface area contributed by atoms with E-state index < -0.39 is 5.97 Å². The molecule has 1 atom stereocenters. The Morgan fingerprint density at radius 1 is 1.85 bits per heavy atom. The van der Waals surface area contributed by atoms with Gasteiger partial charge in [-0.15, -0.1) is 0 Å². The third-order valence-electron chi connectivity index (χ3n) is 1.96. The van der Waals surface area contributed by atoms with E-state index in [1.54, 1.807) is 4.68 Å². The number of carboxylic acids is 1. The highest BCUT2D eigenvalue weighted by Gasteiger charge is 2.20. The van der Waals surface area contributed by atoms with Gasteiger partial charge in [0.1, 0.15) is 0 Å². The Morgan fingerprint density at radius 3 is 3.31 bits per heavy atom. The largest absolute Gasteiger partial charge is 0.477 e. The van der Waals surface area contributed by atoms with Crippen LogP contribution in [0.4, 0.5) is 0 Å². The predicted octanol–water partition coefficient (Wildman–Crippen LogP) is 0.610. The molecule has 1 aliphatic rings. The van der Waals surface area contributed by atoms with Crippen molar-refractivity contribution in [1.82, 2.24) is 9.78 Å². The molecule has 0 saturated carbocycles. The third kappa shape index (κ3) is 1.37. The van der Waals surface area contributed by atoms with Crippen LogP contribution in [0.3, 0.4) is 0 Å². The molecule has 0 aliphatic carbocycles. The van der Waals surface area contributed by atoms with Gasteiger partial charge in [-0.3, -0.25) is 0 Å². The van der Waals surface area contributed by atoms with Crippen LogP contribution in [0, 0.1) is 5.92 Å². The molecule has 5 nitrogen and oxygen atoms in total. The molecule has 2 rings (SSSR count). The topological polar surface area (TPSA) is 64.3 Å². The maximum Gasteiger partial charge on any atom is 0.356 e. The van der Waals surface area contributed by atoms with E-state index in [2.05, 4.69) is 5.10 Å². The zero-order valence-electron chi connectivity index (χ0n) is 7.23. The average molecular weight is 182 g/mol. The van der Waals surface area contributed by atoms with Crippen LogP contribution in [-0.2, 0) is 6.54 Å². The highest BCUT2D eigenvalue weighted by Crippen LogP contribution is 2.20. The van der Waals surface area contributed by atoms with Crippen LogP contribution in [0.5, 0.6) is 5.88 Å². The van der Waals surface area contributed by atoms with Gasteiger partial charge in [-0.25, -0.2) is 9.48 Å². The van der Waals surface area contributed by atoms with E-state index in [0.717, 1.165) is 6.54 Å². The lowest BCUT2D eigenvalue weighted by atomic mass is 10.2. The minimum Gasteiger partial charge on any atom is -0.477 e. The summed E-state index contributed by atoms with van der Waals surface area (Å²) in [6.07, 6.45) is 0. The van der Waals surface area contributed by atoms with Crippen LogP contribution >= 0.6 is 0 Å². The summed E-state index contributed by atoms with van der Waals surface area (Å²) in [5.41, 5.74) is 0.0455. The molecule has 0 aromatic carbocycles. The Balaban J connectivity index is 2.33. The molecule has 0 spiro atoms. The van der Waals surface area contributed by atoms with Gasteiger partial charge in [-0.1, -0.05) is 6.92 Å². The summed E-state index contributed by atoms with van der Waals surface area (Å²) < 4.78 is 6.90. The molecular weight excluding hydrogens is 172 g/mol. The van der Waals surface area contributed by atoms with Crippen molar-refractivity contribution in [3.63, 3.8) is 0 Å². The normalized spacial score (nSPS) is 20.5. The Kier molecular flexibility index (Phi) is 1.72. The number of nitrogens with zero attached hydrogens (tertiary/aromatic N) is 2. The van der Waals surface area contributed by atoms with Crippen LogP contribution in [0.1, 0.15) is 17.4 Å². The highest BCUT2D eigenvalue weighted by molar-refractivity contribution is 5.85. The molecule has 1 aromatic rings. The van der Waals surface area contributed by atoms with E-state index in [1.165, 1.54) is 6.07 Å². The number of carboxylic acid groups (broad SMARTS) is 1. The lowest BCUT2D eigenvalue weighted by Crippen LogP contribution is -2.23. The molecule has 5 heteroatoms. The number of aromatic nitrogens is 2. The van der Waals surface area contributed by atoms with Gasteiger partial charge in [0.2, 0.25) is 5.88 Å². The molecule has 2 heterocycles. The molecule has 0 amide bonds. The van der Waals surface area contributed by atoms with Crippen molar-refractivity contribution in [3.8, 4) is 5.88 Å². The average Bonchev–Trinajstić information content (AvgIpc) is 2.46. The lowest BCUT2D eigenvalue weighted by molar-refractivity contribution is 0.0689. The van der Waals surface area contributed by atoms with Crippen molar-refractivity contribution in [3.05, 3.63) is 11.8 Å². The second-order valence-corrected chi connectivity index (χ2v) is 3.27. The highest BCUT2D eigenvalue weighted by atomic mass is 16.5. The maximum atomic E-state index is 10.6. The summed E-state index contributed by atoms with van der Waals surface area (Å²) >= 11 is 0. The fraction of sp³-hybridized carbons (Fsp3) is 0.500. The summed E-state index contributed by atoms with van der Waals surface area (Å²) in [6, 6.07) is 1.45. The van der Waals surface area contributed by atoms with E-state index in [0.29, 0.717) is 18.4 Å². The van der Waals surface area contributed by atoms with E-state index in [9.17, 15) is 4.79 Å². The van der Waals surface area contributed by atoms with Crippen LogP contribution in [0.25, 0.3) is 0 Å². The van der Waals surface area contributed by atoms with Crippen molar-refractivity contribution in [1.29, 1.82) is 0 Å². The monoisotopic (exact) mass is 182 g/mol. The van der Waals surface area contributed by atoms with E-state index >= 15 is 0 Å². The van der Waals surface area contributed by atoms with Crippen molar-refractivity contribution < 1.29 is 14.6 Å². The van der Waals surface area contributed by atoms with E-state index in [-0.39, 0.29) is 5.69 Å². The SMILES string of the molecule is C[C@@H]1COc2cc(C(=O)O)nn2C1. The van der Waals surface area contributed by atoms with Gasteiger partial charge in [0.15, 0.2) is 5.69 Å². The van der Waals surface area contributed by atoms with Crippen LogP contribution in [0.2, 0.25) is 0 Å². The molecule has 13 heavy (non-hydrogen) atoms. The van der Waals surface area contributed by atoms with Crippen molar-refractivity contribution in [2.75, 3.05) is 6.61 Å². The number of aromatic carboxylic acids is 1. The fourth-order valence-electron chi connectivity index (χ4n) is 1.33. The molecule has 0 bridgehead atoms. The van der Waals surface area contributed by atoms with Crippen LogP contribution in [-0.4, -0.2) is 27.5 Å². The number of hydrogen-bond donors (Lipinski definition) is 1. The van der Waals surface area contributed by atoms with Gasteiger partial charge in [0.25, 0.3) is 0 Å². The first-order valence-corrected chi connectivity index (χ1v) is 4.11. The Bertz CT molecular complexity index is 345. The van der Waals surface area contributed by atoms with Crippen molar-refractivity contribution in [2.24, 2.45) is 5.92 Å². The molecular formula is C8H10N2O3. The van der Waals surface area contributed by atoms with Crippen molar-refractivity contribution in [2.45, 2.75) is 13.5 Å². The minimum absolute atomic E-state index is 0.0455. The predicted molar refractivity (Wildman–Crippen MR) is 43.8 cm³/mol. The lowest BCUT2D eigenvalue weighted by Gasteiger charge is -2.20. The zero-order chi connectivity index (χ0) is 9.42. The Hall–Kier alpha value is -1.52. The fourth-order valence-corrected chi connectivity index (χ4v) is 1.33. The van der Waals surface area contributed by atoms with Gasteiger partial charge in [0.05, 0.1) is 13.2 Å². The molecule has 0 radical (unpaired) electrons. The van der Waals surface area contributed by atoms with Gasteiger partial charge in [0, 0.05) is 12.0 Å². The number of fused-ring (bicyclic) bond motifs is 1. The minimum atomic E-state index is -1.02. The van der Waals surface area contributed by atoms with Crippen LogP contribution in [0.15, 0.2) is 6.07 Å². The standard InChI is InChI=1S/C8H10N2O3/c1-5-3-10-7(13-4-5)2-6(9-10)8(11)12/h2,5H,3-4H2,1H3,(H,11,12)/t5-/m0/s1. The zero-order valence-corrected chi connectivity index (χ0v) is 7.23. The summed E-state index contributed by atoms with van der Waals surface area (Å²) in [4.78, 5) is 10.6. The quantitative estimate of drug-likeness (QED) is 0.691. The Labute approximate surface area is 74.9 Å². The maximum absolute atomic E-state index is 10.6. The van der Waals surface area contributed by atoms with Gasteiger partial charge in [-0.2, -0.15) is 5.10 Å². The molecule has 0 unspecified atom stereocenters. The summed E-state index contributed by atoms with van der Waals surface area (Å²) in [7, 11) is 0. The first kappa shape index (κ1) is 8.10. The summed E-state index contributed by atoms with van der Waals surface area (Å²) in [5, 5.41) is 12.6. The van der Waals surface area contributed by atoms with E-state index in [4.69, 9.17) is 9.84 Å². The number of hydrogen-bond acceptors (Lipinski definition) is 3. The molecule has 0 fully saturated rings. The molecule has 0 saturated heterocycles. The smallest absolute Gasteiger partial charge is 0.356 e. The third-order valence-corrected chi connectivity index (χ3v) is 1.96. The number of rotatable bonds is 1. The molecule has 1 aliphatic heterocycles. The second-order valence-electron chi connectivity index (χ2n) is 3.27. The van der Waals surface area contributed by atoms with Gasteiger partial charge < -0.3 is 9.84 Å². The van der Waals surface area contributed by atoms with Crippen LogP contribution < -0.4 is 4.74 Å². The van der Waals surface area contributed by atoms with Gasteiger partial charge >= 0.3 is 5.97 Å². The Morgan fingerprint density at radius 2 is 2.62 bits per heavy atom. The molecule has 70 valence electrons. The summed E-state index contributed by atoms with van der Waals surface area (Å²) in [5.74, 6) is -0.0808. The van der Waals surface area contributed by atoms with Gasteiger partial charge in [-0.05, 0) is 0 Å². The van der Waals surface area contributed by atoms with E-state index in [1.807, 2.05) is 6.92 Å². The number of carbonyl (C=O) groups is 1. The first-order chi connectivity index (χ1) is 6.16. The molecule has 1 N–H and O–H groups in total. The number of ether oxygens (including phenoxy) is 1. The second kappa shape index (κ2) is 2.76. The molecule has 1 aromatic heterocycles. The van der Waals surface area contributed by atoms with Crippen molar-refractivity contribution >= 4 is 5.97 Å².